The number of ether oxygens (including phenoxy) is 1. The zero-order valence-corrected chi connectivity index (χ0v) is 12.8. The third kappa shape index (κ3) is 3.88. The molecule has 0 radical (unpaired) electrons. The monoisotopic (exact) mass is 305 g/mol. The smallest absolute Gasteiger partial charge is 0.135 e. The Morgan fingerprint density at radius 1 is 1.05 bits per heavy atom. The fourth-order valence-corrected chi connectivity index (χ4v) is 2.85. The first kappa shape index (κ1) is 14.6. The zero-order valence-electron chi connectivity index (χ0n) is 12.1. The van der Waals surface area contributed by atoms with E-state index in [0.29, 0.717) is 0 Å². The SMILES string of the molecule is Clc1ccccc1-c1ccc(CCCN2CCOCC2)o1. The molecule has 1 aliphatic rings. The Labute approximate surface area is 130 Å². The topological polar surface area (TPSA) is 25.6 Å². The highest BCUT2D eigenvalue weighted by Crippen LogP contribution is 2.29. The summed E-state index contributed by atoms with van der Waals surface area (Å²) >= 11 is 6.20. The second-order valence-corrected chi connectivity index (χ2v) is 5.71. The van der Waals surface area contributed by atoms with Crippen molar-refractivity contribution in [1.29, 1.82) is 0 Å². The largest absolute Gasteiger partial charge is 0.461 e. The van der Waals surface area contributed by atoms with Gasteiger partial charge < -0.3 is 9.15 Å². The second kappa shape index (κ2) is 7.12. The summed E-state index contributed by atoms with van der Waals surface area (Å²) in [6, 6.07) is 11.8. The molecule has 1 fully saturated rings. The lowest BCUT2D eigenvalue weighted by Gasteiger charge is -2.26. The van der Waals surface area contributed by atoms with E-state index >= 15 is 0 Å². The maximum absolute atomic E-state index is 6.20. The second-order valence-electron chi connectivity index (χ2n) is 5.30. The first-order chi connectivity index (χ1) is 10.3. The van der Waals surface area contributed by atoms with Crippen LogP contribution < -0.4 is 0 Å². The average molecular weight is 306 g/mol. The number of furan rings is 1. The van der Waals surface area contributed by atoms with E-state index < -0.39 is 0 Å². The minimum atomic E-state index is 0.728. The van der Waals surface area contributed by atoms with E-state index in [1.807, 2.05) is 30.3 Å². The minimum Gasteiger partial charge on any atom is -0.461 e. The number of nitrogens with zero attached hydrogens (tertiary/aromatic N) is 1. The average Bonchev–Trinajstić information content (AvgIpc) is 2.97. The number of rotatable bonds is 5. The molecule has 3 rings (SSSR count). The maximum Gasteiger partial charge on any atom is 0.135 e. The van der Waals surface area contributed by atoms with Crippen LogP contribution in [0.4, 0.5) is 0 Å². The predicted molar refractivity (Wildman–Crippen MR) is 84.7 cm³/mol. The van der Waals surface area contributed by atoms with E-state index in [0.717, 1.165) is 67.8 Å². The Morgan fingerprint density at radius 2 is 1.86 bits per heavy atom. The zero-order chi connectivity index (χ0) is 14.5. The Balaban J connectivity index is 1.54. The summed E-state index contributed by atoms with van der Waals surface area (Å²) in [5.74, 6) is 1.88. The molecule has 1 aromatic heterocycles. The van der Waals surface area contributed by atoms with Crippen LogP contribution in [0.15, 0.2) is 40.8 Å². The molecule has 0 N–H and O–H groups in total. The van der Waals surface area contributed by atoms with Crippen molar-refractivity contribution in [1.82, 2.24) is 4.90 Å². The summed E-state index contributed by atoms with van der Waals surface area (Å²) in [6.45, 7) is 4.91. The molecule has 1 saturated heterocycles. The Morgan fingerprint density at radius 3 is 2.67 bits per heavy atom. The van der Waals surface area contributed by atoms with Crippen LogP contribution in [0.1, 0.15) is 12.2 Å². The fraction of sp³-hybridized carbons (Fsp3) is 0.412. The van der Waals surface area contributed by atoms with Crippen molar-refractivity contribution in [2.24, 2.45) is 0 Å². The van der Waals surface area contributed by atoms with Crippen molar-refractivity contribution < 1.29 is 9.15 Å². The highest BCUT2D eigenvalue weighted by atomic mass is 35.5. The minimum absolute atomic E-state index is 0.728. The van der Waals surface area contributed by atoms with Crippen LogP contribution in [0, 0.1) is 0 Å². The molecule has 1 aliphatic heterocycles. The molecule has 1 aromatic carbocycles. The number of halogens is 1. The molecule has 0 spiro atoms. The van der Waals surface area contributed by atoms with Crippen molar-refractivity contribution in [2.75, 3.05) is 32.8 Å². The van der Waals surface area contributed by atoms with Crippen LogP contribution in [-0.2, 0) is 11.2 Å². The molecular weight excluding hydrogens is 286 g/mol. The Hall–Kier alpha value is -1.29. The normalized spacial score (nSPS) is 16.2. The van der Waals surface area contributed by atoms with Gasteiger partial charge >= 0.3 is 0 Å². The van der Waals surface area contributed by atoms with Gasteiger partial charge in [-0.05, 0) is 37.2 Å². The van der Waals surface area contributed by atoms with Gasteiger partial charge in [0.05, 0.1) is 18.2 Å². The maximum atomic E-state index is 6.20. The van der Waals surface area contributed by atoms with Crippen LogP contribution in [0.25, 0.3) is 11.3 Å². The first-order valence-corrected chi connectivity index (χ1v) is 7.84. The molecule has 0 atom stereocenters. The van der Waals surface area contributed by atoms with Crippen LogP contribution >= 0.6 is 11.6 Å². The number of hydrogen-bond acceptors (Lipinski definition) is 3. The summed E-state index contributed by atoms with van der Waals surface area (Å²) < 4.78 is 11.3. The molecule has 0 unspecified atom stereocenters. The van der Waals surface area contributed by atoms with Gasteiger partial charge in [-0.25, -0.2) is 0 Å². The highest BCUT2D eigenvalue weighted by Gasteiger charge is 2.11. The Kier molecular flexibility index (Phi) is 4.96. The van der Waals surface area contributed by atoms with Gasteiger partial charge in [-0.1, -0.05) is 23.7 Å². The van der Waals surface area contributed by atoms with Gasteiger partial charge in [0.2, 0.25) is 0 Å². The molecule has 2 heterocycles. The van der Waals surface area contributed by atoms with Crippen molar-refractivity contribution in [2.45, 2.75) is 12.8 Å². The van der Waals surface area contributed by atoms with E-state index in [9.17, 15) is 0 Å². The van der Waals surface area contributed by atoms with Gasteiger partial charge in [0.15, 0.2) is 0 Å². The summed E-state index contributed by atoms with van der Waals surface area (Å²) in [4.78, 5) is 2.45. The van der Waals surface area contributed by atoms with Crippen molar-refractivity contribution >= 4 is 11.6 Å². The summed E-state index contributed by atoms with van der Waals surface area (Å²) in [7, 11) is 0. The number of aryl methyl sites for hydroxylation is 1. The molecule has 0 aliphatic carbocycles. The van der Waals surface area contributed by atoms with E-state index in [-0.39, 0.29) is 0 Å². The van der Waals surface area contributed by atoms with E-state index in [1.165, 1.54) is 0 Å². The molecule has 4 heteroatoms. The van der Waals surface area contributed by atoms with Gasteiger partial charge in [-0.2, -0.15) is 0 Å². The fourth-order valence-electron chi connectivity index (χ4n) is 2.62. The molecule has 3 nitrogen and oxygen atoms in total. The molecule has 2 aromatic rings. The summed E-state index contributed by atoms with van der Waals surface area (Å²) in [5, 5.41) is 0.728. The molecule has 112 valence electrons. The van der Waals surface area contributed by atoms with Crippen LogP contribution in [-0.4, -0.2) is 37.7 Å². The lowest BCUT2D eigenvalue weighted by Crippen LogP contribution is -2.36. The highest BCUT2D eigenvalue weighted by molar-refractivity contribution is 6.33. The molecule has 0 bridgehead atoms. The summed E-state index contributed by atoms with van der Waals surface area (Å²) in [6.07, 6.45) is 2.07. The van der Waals surface area contributed by atoms with Gasteiger partial charge in [-0.3, -0.25) is 4.90 Å². The van der Waals surface area contributed by atoms with Crippen LogP contribution in [0.3, 0.4) is 0 Å². The molecule has 21 heavy (non-hydrogen) atoms. The molecule has 0 saturated carbocycles. The van der Waals surface area contributed by atoms with E-state index in [4.69, 9.17) is 20.8 Å². The third-order valence-corrected chi connectivity index (χ3v) is 4.13. The molecular formula is C17H20ClNO2. The standard InChI is InChI=1S/C17H20ClNO2/c18-16-6-2-1-5-15(16)17-8-7-14(21-17)4-3-9-19-10-12-20-13-11-19/h1-2,5-8H,3-4,9-13H2. The summed E-state index contributed by atoms with van der Waals surface area (Å²) in [5.41, 5.74) is 0.957. The number of benzene rings is 1. The van der Waals surface area contributed by atoms with Crippen molar-refractivity contribution in [3.8, 4) is 11.3 Å². The van der Waals surface area contributed by atoms with Crippen molar-refractivity contribution in [3.63, 3.8) is 0 Å². The molecule has 0 amide bonds. The van der Waals surface area contributed by atoms with Crippen LogP contribution in [0.5, 0.6) is 0 Å². The lowest BCUT2D eigenvalue weighted by atomic mass is 10.2. The van der Waals surface area contributed by atoms with Gasteiger partial charge in [0.25, 0.3) is 0 Å². The Bertz CT molecular complexity index is 576. The third-order valence-electron chi connectivity index (χ3n) is 3.80. The number of hydrogen-bond donors (Lipinski definition) is 0. The van der Waals surface area contributed by atoms with Gasteiger partial charge in [0, 0.05) is 25.1 Å². The first-order valence-electron chi connectivity index (χ1n) is 7.46. The van der Waals surface area contributed by atoms with Gasteiger partial charge in [0.1, 0.15) is 11.5 Å². The number of morpholine rings is 1. The van der Waals surface area contributed by atoms with Crippen molar-refractivity contribution in [3.05, 3.63) is 47.2 Å². The van der Waals surface area contributed by atoms with E-state index in [1.54, 1.807) is 0 Å². The van der Waals surface area contributed by atoms with Crippen LogP contribution in [0.2, 0.25) is 5.02 Å². The lowest BCUT2D eigenvalue weighted by molar-refractivity contribution is 0.0373. The predicted octanol–water partition coefficient (Wildman–Crippen LogP) is 3.86. The quantitative estimate of drug-likeness (QED) is 0.838. The van der Waals surface area contributed by atoms with Gasteiger partial charge in [-0.15, -0.1) is 0 Å². The van der Waals surface area contributed by atoms with E-state index in [2.05, 4.69) is 11.0 Å².